The Morgan fingerprint density at radius 2 is 2.12 bits per heavy atom. The lowest BCUT2D eigenvalue weighted by atomic mass is 10.1. The Kier molecular flexibility index (Phi) is 4.28. The molecule has 2 rings (SSSR count). The van der Waals surface area contributed by atoms with Gasteiger partial charge in [-0.2, -0.15) is 0 Å². The molecule has 2 heterocycles. The Balaban J connectivity index is 1.83. The average molecular weight is 338 g/mol. The fourth-order valence-electron chi connectivity index (χ4n) is 1.94. The van der Waals surface area contributed by atoms with E-state index in [-0.39, 0.29) is 0 Å². The molecule has 3 nitrogen and oxygen atoms in total. The van der Waals surface area contributed by atoms with Crippen LogP contribution in [-0.2, 0) is 16.4 Å². The minimum atomic E-state index is -2.75. The van der Waals surface area contributed by atoms with E-state index in [9.17, 15) is 8.42 Å². The standard InChI is InChI=1S/C11H16BrNO2S2/c1-8-11(12)6-10(16-8)7-13-9-2-4-17(14,15)5-3-9/h6,9,13H,2-5,7H2,1H3. The summed E-state index contributed by atoms with van der Waals surface area (Å²) in [6.45, 7) is 2.92. The number of thiophene rings is 1. The maximum atomic E-state index is 11.3. The second-order valence-electron chi connectivity index (χ2n) is 4.42. The van der Waals surface area contributed by atoms with Gasteiger partial charge >= 0.3 is 0 Å². The van der Waals surface area contributed by atoms with Gasteiger partial charge in [-0.05, 0) is 41.8 Å². The third kappa shape index (κ3) is 3.77. The Morgan fingerprint density at radius 3 is 2.65 bits per heavy atom. The van der Waals surface area contributed by atoms with Crippen LogP contribution in [0.2, 0.25) is 0 Å². The Bertz CT molecular complexity index is 462. The van der Waals surface area contributed by atoms with Gasteiger partial charge in [0.05, 0.1) is 11.5 Å². The Morgan fingerprint density at radius 1 is 1.47 bits per heavy atom. The van der Waals surface area contributed by atoms with Gasteiger partial charge in [-0.25, -0.2) is 8.42 Å². The molecular weight excluding hydrogens is 322 g/mol. The summed E-state index contributed by atoms with van der Waals surface area (Å²) in [6.07, 6.45) is 1.49. The van der Waals surface area contributed by atoms with E-state index in [4.69, 9.17) is 0 Å². The summed E-state index contributed by atoms with van der Waals surface area (Å²) in [5.41, 5.74) is 0. The first-order valence-corrected chi connectivity index (χ1v) is 9.08. The summed E-state index contributed by atoms with van der Waals surface area (Å²) in [6, 6.07) is 2.48. The second kappa shape index (κ2) is 5.38. The largest absolute Gasteiger partial charge is 0.309 e. The topological polar surface area (TPSA) is 46.2 Å². The van der Waals surface area contributed by atoms with Crippen LogP contribution in [0.5, 0.6) is 0 Å². The smallest absolute Gasteiger partial charge is 0.150 e. The van der Waals surface area contributed by atoms with Crippen LogP contribution in [0.25, 0.3) is 0 Å². The van der Waals surface area contributed by atoms with Gasteiger partial charge in [-0.15, -0.1) is 11.3 Å². The maximum Gasteiger partial charge on any atom is 0.150 e. The fraction of sp³-hybridized carbons (Fsp3) is 0.636. The third-order valence-corrected chi connectivity index (χ3v) is 6.88. The number of nitrogens with one attached hydrogen (secondary N) is 1. The number of sulfone groups is 1. The second-order valence-corrected chi connectivity index (χ2v) is 8.92. The van der Waals surface area contributed by atoms with Gasteiger partial charge in [0.2, 0.25) is 0 Å². The van der Waals surface area contributed by atoms with Crippen molar-refractivity contribution in [2.24, 2.45) is 0 Å². The molecule has 0 aromatic carbocycles. The molecule has 0 aliphatic carbocycles. The average Bonchev–Trinajstić information content (AvgIpc) is 2.57. The summed E-state index contributed by atoms with van der Waals surface area (Å²) in [5, 5.41) is 3.44. The molecule has 17 heavy (non-hydrogen) atoms. The van der Waals surface area contributed by atoms with E-state index in [1.54, 1.807) is 11.3 Å². The van der Waals surface area contributed by atoms with Crippen molar-refractivity contribution in [2.45, 2.75) is 32.4 Å². The van der Waals surface area contributed by atoms with E-state index in [1.807, 2.05) is 0 Å². The summed E-state index contributed by atoms with van der Waals surface area (Å²) in [4.78, 5) is 2.58. The lowest BCUT2D eigenvalue weighted by molar-refractivity contribution is 0.465. The summed E-state index contributed by atoms with van der Waals surface area (Å²) < 4.78 is 23.7. The zero-order chi connectivity index (χ0) is 12.5. The van der Waals surface area contributed by atoms with E-state index < -0.39 is 9.84 Å². The van der Waals surface area contributed by atoms with E-state index in [0.717, 1.165) is 23.9 Å². The van der Waals surface area contributed by atoms with Gasteiger partial charge in [-0.1, -0.05) is 0 Å². The van der Waals surface area contributed by atoms with Gasteiger partial charge in [-0.3, -0.25) is 0 Å². The molecule has 6 heteroatoms. The number of hydrogen-bond donors (Lipinski definition) is 1. The molecular formula is C11H16BrNO2S2. The van der Waals surface area contributed by atoms with Crippen LogP contribution in [0.15, 0.2) is 10.5 Å². The first-order chi connectivity index (χ1) is 7.96. The van der Waals surface area contributed by atoms with Crippen molar-refractivity contribution in [1.82, 2.24) is 5.32 Å². The highest BCUT2D eigenvalue weighted by atomic mass is 79.9. The molecule has 1 aromatic rings. The van der Waals surface area contributed by atoms with Crippen molar-refractivity contribution < 1.29 is 8.42 Å². The Hall–Kier alpha value is 0.0900. The molecule has 0 spiro atoms. The Labute approximate surface area is 115 Å². The van der Waals surface area contributed by atoms with Crippen LogP contribution in [-0.4, -0.2) is 26.0 Å². The van der Waals surface area contributed by atoms with E-state index in [0.29, 0.717) is 17.5 Å². The van der Waals surface area contributed by atoms with Crippen molar-refractivity contribution in [3.63, 3.8) is 0 Å². The first-order valence-electron chi connectivity index (χ1n) is 5.65. The van der Waals surface area contributed by atoms with Crippen molar-refractivity contribution in [3.05, 3.63) is 20.3 Å². The van der Waals surface area contributed by atoms with Crippen LogP contribution in [0.1, 0.15) is 22.6 Å². The highest BCUT2D eigenvalue weighted by molar-refractivity contribution is 9.10. The zero-order valence-electron chi connectivity index (χ0n) is 9.70. The minimum Gasteiger partial charge on any atom is -0.309 e. The maximum absolute atomic E-state index is 11.3. The molecule has 0 radical (unpaired) electrons. The minimum absolute atomic E-state index is 0.331. The van der Waals surface area contributed by atoms with Crippen molar-refractivity contribution in [1.29, 1.82) is 0 Å². The van der Waals surface area contributed by atoms with Crippen LogP contribution >= 0.6 is 27.3 Å². The van der Waals surface area contributed by atoms with Gasteiger partial charge in [0.15, 0.2) is 0 Å². The molecule has 0 bridgehead atoms. The van der Waals surface area contributed by atoms with Crippen molar-refractivity contribution in [2.75, 3.05) is 11.5 Å². The summed E-state index contributed by atoms with van der Waals surface area (Å²) in [7, 11) is -2.75. The molecule has 1 saturated heterocycles. The van der Waals surface area contributed by atoms with Crippen molar-refractivity contribution >= 4 is 37.1 Å². The van der Waals surface area contributed by atoms with E-state index in [1.165, 1.54) is 9.75 Å². The molecule has 96 valence electrons. The predicted molar refractivity (Wildman–Crippen MR) is 75.3 cm³/mol. The normalized spacial score (nSPS) is 20.6. The number of halogens is 1. The molecule has 0 amide bonds. The molecule has 1 N–H and O–H groups in total. The van der Waals surface area contributed by atoms with E-state index in [2.05, 4.69) is 34.2 Å². The zero-order valence-corrected chi connectivity index (χ0v) is 12.9. The highest BCUT2D eigenvalue weighted by Gasteiger charge is 2.23. The quantitative estimate of drug-likeness (QED) is 0.921. The molecule has 1 aromatic heterocycles. The molecule has 1 aliphatic heterocycles. The predicted octanol–water partition coefficient (Wildman–Crippen LogP) is 2.49. The van der Waals surface area contributed by atoms with Gasteiger partial charge in [0.1, 0.15) is 9.84 Å². The van der Waals surface area contributed by atoms with Crippen LogP contribution in [0.4, 0.5) is 0 Å². The van der Waals surface area contributed by atoms with Crippen LogP contribution in [0, 0.1) is 6.92 Å². The molecule has 0 unspecified atom stereocenters. The number of rotatable bonds is 3. The molecule has 0 saturated carbocycles. The van der Waals surface area contributed by atoms with Gasteiger partial charge in [0.25, 0.3) is 0 Å². The lowest BCUT2D eigenvalue weighted by Crippen LogP contribution is -2.36. The monoisotopic (exact) mass is 337 g/mol. The lowest BCUT2D eigenvalue weighted by Gasteiger charge is -2.22. The molecule has 0 atom stereocenters. The van der Waals surface area contributed by atoms with Gasteiger partial charge in [0, 0.05) is 26.8 Å². The summed E-state index contributed by atoms with van der Waals surface area (Å²) >= 11 is 5.28. The SMILES string of the molecule is Cc1sc(CNC2CCS(=O)(=O)CC2)cc1Br. The molecule has 1 aliphatic rings. The summed E-state index contributed by atoms with van der Waals surface area (Å²) in [5.74, 6) is 0.662. The van der Waals surface area contributed by atoms with Crippen molar-refractivity contribution in [3.8, 4) is 0 Å². The molecule has 1 fully saturated rings. The third-order valence-electron chi connectivity index (χ3n) is 3.03. The number of aryl methyl sites for hydroxylation is 1. The van der Waals surface area contributed by atoms with Gasteiger partial charge < -0.3 is 5.32 Å². The van der Waals surface area contributed by atoms with E-state index >= 15 is 0 Å². The van der Waals surface area contributed by atoms with Crippen LogP contribution < -0.4 is 5.32 Å². The first kappa shape index (κ1) is 13.5. The van der Waals surface area contributed by atoms with Crippen LogP contribution in [0.3, 0.4) is 0 Å². The number of hydrogen-bond acceptors (Lipinski definition) is 4. The fourth-order valence-corrected chi connectivity index (χ4v) is 4.99. The highest BCUT2D eigenvalue weighted by Crippen LogP contribution is 2.26.